The van der Waals surface area contributed by atoms with Gasteiger partial charge < -0.3 is 10.5 Å². The molecule has 5 unspecified atom stereocenters. The Morgan fingerprint density at radius 3 is 2.32 bits per heavy atom. The van der Waals surface area contributed by atoms with Crippen LogP contribution in [0, 0.1) is 11.3 Å². The largest absolute Gasteiger partial charge is 0.377 e. The molecule has 0 amide bonds. The number of ether oxygens (including phenoxy) is 1. The van der Waals surface area contributed by atoms with Crippen LogP contribution >= 0.6 is 0 Å². The van der Waals surface area contributed by atoms with E-state index in [1.807, 2.05) is 0 Å². The highest BCUT2D eigenvalue weighted by Gasteiger charge is 2.40. The van der Waals surface area contributed by atoms with E-state index in [0.717, 1.165) is 18.9 Å². The third kappa shape index (κ3) is 3.32. The number of nitrogens with zero attached hydrogens (tertiary/aromatic N) is 1. The zero-order valence-corrected chi connectivity index (χ0v) is 13.4. The van der Waals surface area contributed by atoms with E-state index in [2.05, 4.69) is 39.6 Å². The molecule has 1 aliphatic heterocycles. The van der Waals surface area contributed by atoms with Crippen molar-refractivity contribution >= 4 is 0 Å². The molecule has 2 aliphatic rings. The summed E-state index contributed by atoms with van der Waals surface area (Å²) in [4.78, 5) is 2.53. The predicted molar refractivity (Wildman–Crippen MR) is 80.1 cm³/mol. The van der Waals surface area contributed by atoms with Gasteiger partial charge >= 0.3 is 0 Å². The predicted octanol–water partition coefficient (Wildman–Crippen LogP) is 2.64. The number of rotatable bonds is 2. The number of nitrogens with two attached hydrogens (primary N) is 1. The summed E-state index contributed by atoms with van der Waals surface area (Å²) in [6.45, 7) is 10.2. The molecule has 0 aromatic rings. The van der Waals surface area contributed by atoms with Crippen molar-refractivity contribution in [2.75, 3.05) is 13.7 Å². The van der Waals surface area contributed by atoms with Gasteiger partial charge in [0.25, 0.3) is 0 Å². The van der Waals surface area contributed by atoms with Crippen LogP contribution in [-0.2, 0) is 4.74 Å². The van der Waals surface area contributed by atoms with Gasteiger partial charge in [-0.1, -0.05) is 20.8 Å². The van der Waals surface area contributed by atoms with E-state index in [-0.39, 0.29) is 0 Å². The fraction of sp³-hybridized carbons (Fsp3) is 1.00. The summed E-state index contributed by atoms with van der Waals surface area (Å²) in [6.07, 6.45) is 5.20. The average Bonchev–Trinajstić information content (AvgIpc) is 2.73. The minimum Gasteiger partial charge on any atom is -0.377 e. The molecule has 0 aromatic heterocycles. The average molecular weight is 268 g/mol. The minimum absolute atomic E-state index is 0.330. The number of hydrogen-bond acceptors (Lipinski definition) is 3. The lowest BCUT2D eigenvalue weighted by Crippen LogP contribution is -2.55. The van der Waals surface area contributed by atoms with Gasteiger partial charge in [-0.05, 0) is 51.0 Å². The van der Waals surface area contributed by atoms with Gasteiger partial charge in [-0.25, -0.2) is 0 Å². The van der Waals surface area contributed by atoms with Crippen molar-refractivity contribution in [3.8, 4) is 0 Å². The molecular formula is C16H32N2O. The Kier molecular flexibility index (Phi) is 4.59. The van der Waals surface area contributed by atoms with Gasteiger partial charge in [-0.3, -0.25) is 4.90 Å². The Bertz CT molecular complexity index is 300. The summed E-state index contributed by atoms with van der Waals surface area (Å²) in [5.74, 6) is 0.789. The van der Waals surface area contributed by atoms with Crippen molar-refractivity contribution in [1.29, 1.82) is 0 Å². The summed E-state index contributed by atoms with van der Waals surface area (Å²) >= 11 is 0. The van der Waals surface area contributed by atoms with Crippen molar-refractivity contribution in [2.24, 2.45) is 17.1 Å². The highest BCUT2D eigenvalue weighted by molar-refractivity contribution is 4.95. The second-order valence-electron chi connectivity index (χ2n) is 7.70. The van der Waals surface area contributed by atoms with Gasteiger partial charge in [0.2, 0.25) is 0 Å². The molecule has 1 heterocycles. The van der Waals surface area contributed by atoms with Gasteiger partial charge in [0.05, 0.1) is 6.10 Å². The summed E-state index contributed by atoms with van der Waals surface area (Å²) in [7, 11) is 2.26. The van der Waals surface area contributed by atoms with Crippen LogP contribution in [0.4, 0.5) is 0 Å². The first-order valence-corrected chi connectivity index (χ1v) is 7.90. The summed E-state index contributed by atoms with van der Waals surface area (Å²) < 4.78 is 5.72. The van der Waals surface area contributed by atoms with Crippen LogP contribution in [0.15, 0.2) is 0 Å². The van der Waals surface area contributed by atoms with Gasteiger partial charge in [0.15, 0.2) is 0 Å². The molecule has 112 valence electrons. The quantitative estimate of drug-likeness (QED) is 0.837. The molecule has 2 fully saturated rings. The van der Waals surface area contributed by atoms with Crippen LogP contribution < -0.4 is 5.73 Å². The second kappa shape index (κ2) is 5.71. The fourth-order valence-corrected chi connectivity index (χ4v) is 3.93. The maximum atomic E-state index is 6.42. The SMILES string of the molecule is CC1OCCC1N(C)C1CC(C(C)(C)C)CCC1N. The molecule has 0 spiro atoms. The first-order chi connectivity index (χ1) is 8.80. The van der Waals surface area contributed by atoms with E-state index < -0.39 is 0 Å². The summed E-state index contributed by atoms with van der Waals surface area (Å²) in [5, 5.41) is 0. The van der Waals surface area contributed by atoms with E-state index >= 15 is 0 Å². The Hall–Kier alpha value is -0.120. The smallest absolute Gasteiger partial charge is 0.0703 e. The lowest BCUT2D eigenvalue weighted by molar-refractivity contribution is 0.0290. The summed E-state index contributed by atoms with van der Waals surface area (Å²) in [5.41, 5.74) is 6.82. The standard InChI is InChI=1S/C16H32N2O/c1-11-14(8-9-19-11)18(5)15-10-12(16(2,3)4)6-7-13(15)17/h11-15H,6-10,17H2,1-5H3. The van der Waals surface area contributed by atoms with Crippen molar-refractivity contribution in [3.63, 3.8) is 0 Å². The molecule has 0 aromatic carbocycles. The van der Waals surface area contributed by atoms with E-state index in [1.54, 1.807) is 0 Å². The van der Waals surface area contributed by atoms with Crippen molar-refractivity contribution < 1.29 is 4.74 Å². The van der Waals surface area contributed by atoms with Gasteiger partial charge in [-0.15, -0.1) is 0 Å². The second-order valence-corrected chi connectivity index (χ2v) is 7.70. The van der Waals surface area contributed by atoms with Gasteiger partial charge in [0.1, 0.15) is 0 Å². The van der Waals surface area contributed by atoms with Crippen molar-refractivity contribution in [3.05, 3.63) is 0 Å². The molecule has 2 N–H and O–H groups in total. The van der Waals surface area contributed by atoms with Crippen LogP contribution in [0.25, 0.3) is 0 Å². The molecule has 0 bridgehead atoms. The highest BCUT2D eigenvalue weighted by Crippen LogP contribution is 2.39. The third-order valence-electron chi connectivity index (χ3n) is 5.48. The van der Waals surface area contributed by atoms with Gasteiger partial charge in [0, 0.05) is 24.7 Å². The zero-order valence-electron chi connectivity index (χ0n) is 13.4. The van der Waals surface area contributed by atoms with Gasteiger partial charge in [-0.2, -0.15) is 0 Å². The summed E-state index contributed by atoms with van der Waals surface area (Å²) in [6, 6.07) is 1.40. The minimum atomic E-state index is 0.330. The molecule has 1 saturated carbocycles. The Labute approximate surface area is 118 Å². The maximum Gasteiger partial charge on any atom is 0.0703 e. The molecule has 3 nitrogen and oxygen atoms in total. The van der Waals surface area contributed by atoms with Crippen molar-refractivity contribution in [2.45, 2.75) is 77.6 Å². The van der Waals surface area contributed by atoms with E-state index in [9.17, 15) is 0 Å². The van der Waals surface area contributed by atoms with Crippen LogP contribution in [0.5, 0.6) is 0 Å². The number of likely N-dealkylation sites (N-methyl/N-ethyl adjacent to an activating group) is 1. The monoisotopic (exact) mass is 268 g/mol. The molecule has 1 saturated heterocycles. The van der Waals surface area contributed by atoms with Crippen LogP contribution in [0.2, 0.25) is 0 Å². The molecular weight excluding hydrogens is 236 g/mol. The first-order valence-electron chi connectivity index (χ1n) is 7.90. The third-order valence-corrected chi connectivity index (χ3v) is 5.48. The fourth-order valence-electron chi connectivity index (χ4n) is 3.93. The van der Waals surface area contributed by atoms with E-state index in [0.29, 0.717) is 29.6 Å². The lowest BCUT2D eigenvalue weighted by atomic mass is 9.69. The van der Waals surface area contributed by atoms with Crippen LogP contribution in [-0.4, -0.2) is 42.8 Å². The lowest BCUT2D eigenvalue weighted by Gasteiger charge is -2.46. The Balaban J connectivity index is 2.04. The van der Waals surface area contributed by atoms with Crippen LogP contribution in [0.1, 0.15) is 53.4 Å². The molecule has 3 heteroatoms. The van der Waals surface area contributed by atoms with E-state index in [4.69, 9.17) is 10.5 Å². The van der Waals surface area contributed by atoms with E-state index in [1.165, 1.54) is 19.3 Å². The molecule has 2 rings (SSSR count). The normalized spacial score (nSPS) is 40.9. The van der Waals surface area contributed by atoms with Crippen LogP contribution in [0.3, 0.4) is 0 Å². The maximum absolute atomic E-state index is 6.42. The molecule has 5 atom stereocenters. The topological polar surface area (TPSA) is 38.5 Å². The highest BCUT2D eigenvalue weighted by atomic mass is 16.5. The molecule has 1 aliphatic carbocycles. The van der Waals surface area contributed by atoms with Crippen molar-refractivity contribution in [1.82, 2.24) is 4.90 Å². The molecule has 0 radical (unpaired) electrons. The Morgan fingerprint density at radius 1 is 1.11 bits per heavy atom. The zero-order chi connectivity index (χ0) is 14.2. The first kappa shape index (κ1) is 15.3. The Morgan fingerprint density at radius 2 is 1.79 bits per heavy atom. The molecule has 19 heavy (non-hydrogen) atoms. The number of hydrogen-bond donors (Lipinski definition) is 1.